The van der Waals surface area contributed by atoms with Crippen LogP contribution in [0.4, 0.5) is 0 Å². The zero-order valence-corrected chi connectivity index (χ0v) is 22.0. The smallest absolute Gasteiger partial charge is 0.118 e. The maximum absolute atomic E-state index is 5.88. The highest BCUT2D eigenvalue weighted by Crippen LogP contribution is 2.49. The molecule has 2 aromatic rings. The normalized spacial score (nSPS) is 26.4. The molecule has 0 radical (unpaired) electrons. The van der Waals surface area contributed by atoms with Crippen molar-refractivity contribution in [1.82, 2.24) is 14.7 Å². The molecule has 0 amide bonds. The monoisotopic (exact) mass is 465 g/mol. The van der Waals surface area contributed by atoms with Gasteiger partial charge in [-0.3, -0.25) is 14.7 Å². The lowest BCUT2D eigenvalue weighted by molar-refractivity contribution is -0.0472. The largest absolute Gasteiger partial charge is 0.497 e. The van der Waals surface area contributed by atoms with Gasteiger partial charge in [0.05, 0.1) is 19.4 Å². The third-order valence-electron chi connectivity index (χ3n) is 8.42. The maximum atomic E-state index is 5.88. The molecule has 0 aromatic heterocycles. The van der Waals surface area contributed by atoms with E-state index in [0.29, 0.717) is 0 Å². The lowest BCUT2D eigenvalue weighted by Crippen LogP contribution is -2.57. The van der Waals surface area contributed by atoms with E-state index >= 15 is 0 Å². The Balaban J connectivity index is 1.56. The Kier molecular flexibility index (Phi) is 7.39. The second-order valence-corrected chi connectivity index (χ2v) is 11.2. The number of hydrogen-bond donors (Lipinski definition) is 0. The molecule has 34 heavy (non-hydrogen) atoms. The second-order valence-electron chi connectivity index (χ2n) is 11.2. The molecule has 2 fully saturated rings. The van der Waals surface area contributed by atoms with Gasteiger partial charge in [0, 0.05) is 37.8 Å². The van der Waals surface area contributed by atoms with Crippen molar-refractivity contribution in [3.63, 3.8) is 0 Å². The Morgan fingerprint density at radius 2 is 1.56 bits per heavy atom. The van der Waals surface area contributed by atoms with Crippen LogP contribution in [0.25, 0.3) is 0 Å². The molecule has 0 bridgehead atoms. The van der Waals surface area contributed by atoms with Gasteiger partial charge in [-0.25, -0.2) is 0 Å². The van der Waals surface area contributed by atoms with Crippen molar-refractivity contribution >= 4 is 0 Å². The fraction of sp³-hybridized carbons (Fsp3) is 0.586. The van der Waals surface area contributed by atoms with Crippen LogP contribution in [0.1, 0.15) is 50.7 Å². The first-order valence-electron chi connectivity index (χ1n) is 12.6. The summed E-state index contributed by atoms with van der Waals surface area (Å²) in [6.07, 6.45) is 4.73. The Hall–Kier alpha value is -1.92. The molecule has 1 aliphatic heterocycles. The minimum Gasteiger partial charge on any atom is -0.497 e. The van der Waals surface area contributed by atoms with Crippen molar-refractivity contribution < 1.29 is 9.47 Å². The van der Waals surface area contributed by atoms with E-state index < -0.39 is 0 Å². The lowest BCUT2D eigenvalue weighted by Gasteiger charge is -2.52. The second kappa shape index (κ2) is 9.98. The third kappa shape index (κ3) is 5.03. The average Bonchev–Trinajstić information content (AvgIpc) is 3.15. The van der Waals surface area contributed by atoms with E-state index in [1.54, 1.807) is 7.11 Å². The molecule has 1 aliphatic carbocycles. The number of rotatable bonds is 8. The van der Waals surface area contributed by atoms with Crippen molar-refractivity contribution in [2.75, 3.05) is 48.1 Å². The minimum atomic E-state index is -0.168. The lowest BCUT2D eigenvalue weighted by atomic mass is 9.68. The van der Waals surface area contributed by atoms with Crippen molar-refractivity contribution in [2.24, 2.45) is 0 Å². The molecule has 0 atom stereocenters. The maximum Gasteiger partial charge on any atom is 0.118 e. The number of benzene rings is 2. The molecule has 1 saturated heterocycles. The molecule has 1 spiro atoms. The Bertz CT molecular complexity index is 918. The van der Waals surface area contributed by atoms with Gasteiger partial charge in [-0.05, 0) is 76.9 Å². The number of nitrogens with zero attached hydrogens (tertiary/aromatic N) is 3. The fourth-order valence-electron chi connectivity index (χ4n) is 6.14. The van der Waals surface area contributed by atoms with Gasteiger partial charge in [-0.1, -0.05) is 42.5 Å². The number of hydrogen-bond acceptors (Lipinski definition) is 5. The van der Waals surface area contributed by atoms with Gasteiger partial charge in [-0.2, -0.15) is 0 Å². The van der Waals surface area contributed by atoms with E-state index in [1.807, 2.05) is 7.11 Å². The quantitative estimate of drug-likeness (QED) is 0.549. The Morgan fingerprint density at radius 1 is 0.912 bits per heavy atom. The highest BCUT2D eigenvalue weighted by Gasteiger charge is 2.52. The van der Waals surface area contributed by atoms with Crippen LogP contribution in [0.15, 0.2) is 54.6 Å². The van der Waals surface area contributed by atoms with Crippen LogP contribution in [-0.2, 0) is 16.8 Å². The molecule has 186 valence electrons. The summed E-state index contributed by atoms with van der Waals surface area (Å²) >= 11 is 0. The molecule has 5 heteroatoms. The van der Waals surface area contributed by atoms with Gasteiger partial charge in [0.15, 0.2) is 0 Å². The van der Waals surface area contributed by atoms with E-state index in [-0.39, 0.29) is 16.7 Å². The van der Waals surface area contributed by atoms with Crippen molar-refractivity contribution in [2.45, 2.75) is 62.8 Å². The predicted molar refractivity (Wildman–Crippen MR) is 139 cm³/mol. The zero-order chi connectivity index (χ0) is 24.4. The molecular formula is C29H43N3O2. The van der Waals surface area contributed by atoms with Crippen molar-refractivity contribution in [3.8, 4) is 5.75 Å². The van der Waals surface area contributed by atoms with Crippen LogP contribution in [0, 0.1) is 0 Å². The molecule has 0 unspecified atom stereocenters. The van der Waals surface area contributed by atoms with E-state index in [1.165, 1.54) is 36.8 Å². The van der Waals surface area contributed by atoms with Gasteiger partial charge in [0.1, 0.15) is 5.75 Å². The first-order valence-corrected chi connectivity index (χ1v) is 12.6. The third-order valence-corrected chi connectivity index (χ3v) is 8.42. The van der Waals surface area contributed by atoms with Gasteiger partial charge >= 0.3 is 0 Å². The number of methoxy groups -OCH3 is 2. The van der Waals surface area contributed by atoms with Gasteiger partial charge in [0.25, 0.3) is 0 Å². The molecule has 4 rings (SSSR count). The van der Waals surface area contributed by atoms with Crippen LogP contribution >= 0.6 is 0 Å². The van der Waals surface area contributed by atoms with Gasteiger partial charge in [-0.15, -0.1) is 0 Å². The van der Waals surface area contributed by atoms with Crippen LogP contribution < -0.4 is 4.74 Å². The van der Waals surface area contributed by atoms with E-state index in [2.05, 4.69) is 97.2 Å². The van der Waals surface area contributed by atoms with Crippen LogP contribution in [0.3, 0.4) is 0 Å². The topological polar surface area (TPSA) is 28.2 Å². The molecule has 5 nitrogen and oxygen atoms in total. The van der Waals surface area contributed by atoms with E-state index in [9.17, 15) is 0 Å². The summed E-state index contributed by atoms with van der Waals surface area (Å²) in [5, 5.41) is 0. The van der Waals surface area contributed by atoms with Gasteiger partial charge in [0.2, 0.25) is 0 Å². The first kappa shape index (κ1) is 25.2. The zero-order valence-electron chi connectivity index (χ0n) is 22.0. The molecule has 2 aliphatic rings. The highest BCUT2D eigenvalue weighted by molar-refractivity contribution is 5.28. The summed E-state index contributed by atoms with van der Waals surface area (Å²) in [5.41, 5.74) is 2.92. The van der Waals surface area contributed by atoms with E-state index in [4.69, 9.17) is 9.47 Å². The molecule has 1 saturated carbocycles. The van der Waals surface area contributed by atoms with Crippen LogP contribution in [0.2, 0.25) is 0 Å². The summed E-state index contributed by atoms with van der Waals surface area (Å²) in [6.45, 7) is 8.43. The summed E-state index contributed by atoms with van der Waals surface area (Å²) < 4.78 is 11.2. The number of ether oxygens (including phenoxy) is 2. The molecule has 2 aromatic carbocycles. The van der Waals surface area contributed by atoms with Crippen molar-refractivity contribution in [3.05, 3.63) is 65.7 Å². The summed E-state index contributed by atoms with van der Waals surface area (Å²) in [6, 6.07) is 19.6. The van der Waals surface area contributed by atoms with Crippen LogP contribution in [-0.4, -0.2) is 73.9 Å². The molecular weight excluding hydrogens is 422 g/mol. The molecule has 0 N–H and O–H groups in total. The Morgan fingerprint density at radius 3 is 2.12 bits per heavy atom. The summed E-state index contributed by atoms with van der Waals surface area (Å²) in [4.78, 5) is 7.81. The fourth-order valence-corrected chi connectivity index (χ4v) is 6.14. The first-order chi connectivity index (χ1) is 16.2. The highest BCUT2D eigenvalue weighted by atomic mass is 16.5. The minimum absolute atomic E-state index is 0.109. The Labute approximate surface area is 206 Å². The molecule has 1 heterocycles. The van der Waals surface area contributed by atoms with Gasteiger partial charge < -0.3 is 9.47 Å². The predicted octanol–water partition coefficient (Wildman–Crippen LogP) is 4.97. The SMILES string of the molecule is COc1ccc(CN2CN(CC(C)(C)OC)C3(CCC(c4ccccc4)(N(C)C)CC3)C2)cc1. The van der Waals surface area contributed by atoms with Crippen LogP contribution in [0.5, 0.6) is 5.75 Å². The van der Waals surface area contributed by atoms with E-state index in [0.717, 1.165) is 32.1 Å². The standard InChI is InChI=1S/C29H43N3O2/c1-27(2,34-6)21-32-23-31(20-24-12-14-26(33-5)15-13-24)22-28(32)16-18-29(19-17-28,30(3)4)25-10-8-7-9-11-25/h7-15H,16-23H2,1-6H3. The summed E-state index contributed by atoms with van der Waals surface area (Å²) in [5.74, 6) is 0.915. The average molecular weight is 466 g/mol. The summed E-state index contributed by atoms with van der Waals surface area (Å²) in [7, 11) is 8.06. The van der Waals surface area contributed by atoms with Crippen molar-refractivity contribution in [1.29, 1.82) is 0 Å².